The molecular weight excluding hydrogens is 459 g/mol. The number of ether oxygens (including phenoxy) is 1. The number of rotatable bonds is 7. The van der Waals surface area contributed by atoms with Gasteiger partial charge in [-0.25, -0.2) is 13.6 Å². The number of likely N-dealkylation sites (tertiary alicyclic amines) is 1. The van der Waals surface area contributed by atoms with Gasteiger partial charge in [-0.2, -0.15) is 0 Å². The van der Waals surface area contributed by atoms with Gasteiger partial charge in [-0.15, -0.1) is 0 Å². The minimum absolute atomic E-state index is 0.0378. The lowest BCUT2D eigenvalue weighted by molar-refractivity contribution is 0.00613. The molecule has 1 aliphatic heterocycles. The molecule has 1 aliphatic carbocycles. The van der Waals surface area contributed by atoms with E-state index in [0.717, 1.165) is 24.5 Å². The van der Waals surface area contributed by atoms with Crippen LogP contribution in [0.2, 0.25) is 10.0 Å². The van der Waals surface area contributed by atoms with Gasteiger partial charge in [0.2, 0.25) is 0 Å². The first kappa shape index (κ1) is 23.3. The number of alkyl halides is 1. The van der Waals surface area contributed by atoms with Crippen LogP contribution in [0, 0.1) is 5.82 Å². The van der Waals surface area contributed by atoms with Crippen molar-refractivity contribution >= 4 is 29.2 Å². The zero-order chi connectivity index (χ0) is 23.0. The van der Waals surface area contributed by atoms with Crippen LogP contribution < -0.4 is 4.74 Å². The van der Waals surface area contributed by atoms with Crippen LogP contribution in [-0.2, 0) is 0 Å². The summed E-state index contributed by atoms with van der Waals surface area (Å²) < 4.78 is 35.5. The molecule has 1 saturated heterocycles. The number of nitrogens with zero attached hydrogens (tertiary/aromatic N) is 1. The summed E-state index contributed by atoms with van der Waals surface area (Å²) in [5, 5.41) is 10.3. The number of hydrogen-bond donors (Lipinski definition) is 1. The Kier molecular flexibility index (Phi) is 6.66. The van der Waals surface area contributed by atoms with Crippen LogP contribution >= 0.6 is 23.2 Å². The highest BCUT2D eigenvalue weighted by atomic mass is 35.5. The van der Waals surface area contributed by atoms with E-state index >= 15 is 4.39 Å². The zero-order valence-corrected chi connectivity index (χ0v) is 19.2. The molecule has 1 saturated carbocycles. The van der Waals surface area contributed by atoms with E-state index in [2.05, 4.69) is 4.90 Å². The fourth-order valence-corrected chi connectivity index (χ4v) is 4.81. The van der Waals surface area contributed by atoms with Crippen molar-refractivity contribution in [3.05, 3.63) is 62.9 Å². The smallest absolute Gasteiger partial charge is 0.338 e. The molecule has 4 rings (SSSR count). The average Bonchev–Trinajstić information content (AvgIpc) is 3.57. The molecule has 0 bridgehead atoms. The molecule has 2 fully saturated rings. The van der Waals surface area contributed by atoms with E-state index < -0.39 is 17.5 Å². The fraction of sp³-hybridized carbons (Fsp3) is 0.458. The molecular formula is C24H25Cl2F2NO3. The summed E-state index contributed by atoms with van der Waals surface area (Å²) in [6.07, 6.45) is 2.34. The van der Waals surface area contributed by atoms with Gasteiger partial charge in [-0.05, 0) is 73.9 Å². The summed E-state index contributed by atoms with van der Waals surface area (Å²) in [7, 11) is 0. The summed E-state index contributed by atoms with van der Waals surface area (Å²) in [6.45, 7) is 2.92. The molecule has 0 radical (unpaired) electrons. The molecule has 172 valence electrons. The van der Waals surface area contributed by atoms with E-state index in [1.807, 2.05) is 19.1 Å². The highest BCUT2D eigenvalue weighted by molar-refractivity contribution is 6.34. The van der Waals surface area contributed by atoms with E-state index in [1.54, 1.807) is 6.07 Å². The second-order valence-electron chi connectivity index (χ2n) is 8.80. The van der Waals surface area contributed by atoms with Crippen LogP contribution in [-0.4, -0.2) is 41.3 Å². The number of aromatic carboxylic acids is 1. The van der Waals surface area contributed by atoms with Crippen molar-refractivity contribution in [2.24, 2.45) is 0 Å². The first-order valence-corrected chi connectivity index (χ1v) is 11.5. The van der Waals surface area contributed by atoms with Crippen molar-refractivity contribution in [3.63, 3.8) is 0 Å². The molecule has 1 atom stereocenters. The van der Waals surface area contributed by atoms with E-state index in [0.29, 0.717) is 28.7 Å². The first-order valence-electron chi connectivity index (χ1n) is 10.7. The minimum Gasteiger partial charge on any atom is -0.490 e. The Hall–Kier alpha value is -1.89. The van der Waals surface area contributed by atoms with E-state index in [9.17, 15) is 14.3 Å². The zero-order valence-electron chi connectivity index (χ0n) is 17.7. The Labute approximate surface area is 196 Å². The SMILES string of the molecule is CC(c1cc(Cl)cc(Cl)c1)N1CCC(F)(COc2cc(F)c(C(=O)O)cc2C2CC2)CC1. The van der Waals surface area contributed by atoms with Crippen LogP contribution in [0.5, 0.6) is 5.75 Å². The molecule has 1 N–H and O–H groups in total. The maximum absolute atomic E-state index is 15.5. The maximum atomic E-state index is 15.5. The van der Waals surface area contributed by atoms with Crippen molar-refractivity contribution in [2.45, 2.75) is 50.2 Å². The largest absolute Gasteiger partial charge is 0.490 e. The standard InChI is InChI=1S/C24H25Cl2F2NO3/c1-14(16-8-17(25)10-18(26)9-16)29-6-4-24(28,5-7-29)13-32-22-12-21(27)20(23(30)31)11-19(22)15-2-3-15/h8-12,14-15H,2-7,13H2,1H3,(H,30,31). The van der Waals surface area contributed by atoms with Crippen LogP contribution in [0.3, 0.4) is 0 Å². The number of benzene rings is 2. The maximum Gasteiger partial charge on any atom is 0.338 e. The summed E-state index contributed by atoms with van der Waals surface area (Å²) in [5.74, 6) is -1.79. The molecule has 2 aromatic carbocycles. The van der Waals surface area contributed by atoms with Crippen LogP contribution in [0.1, 0.15) is 66.1 Å². The lowest BCUT2D eigenvalue weighted by Gasteiger charge is -2.39. The Morgan fingerprint density at radius 1 is 1.19 bits per heavy atom. The van der Waals surface area contributed by atoms with Crippen molar-refractivity contribution in [1.82, 2.24) is 4.90 Å². The minimum atomic E-state index is -1.54. The van der Waals surface area contributed by atoms with Gasteiger partial charge in [0.05, 0.1) is 5.56 Å². The van der Waals surface area contributed by atoms with E-state index in [-0.39, 0.29) is 42.7 Å². The first-order chi connectivity index (χ1) is 15.1. The number of hydrogen-bond acceptors (Lipinski definition) is 3. The highest BCUT2D eigenvalue weighted by Gasteiger charge is 2.38. The third-order valence-corrected chi connectivity index (χ3v) is 6.88. The molecule has 2 aliphatic rings. The van der Waals surface area contributed by atoms with Crippen molar-refractivity contribution in [2.75, 3.05) is 19.7 Å². The summed E-state index contributed by atoms with van der Waals surface area (Å²) in [5.41, 5.74) is -0.285. The Balaban J connectivity index is 1.40. The Morgan fingerprint density at radius 2 is 1.81 bits per heavy atom. The highest BCUT2D eigenvalue weighted by Crippen LogP contribution is 2.45. The van der Waals surface area contributed by atoms with Gasteiger partial charge in [-0.3, -0.25) is 4.90 Å². The molecule has 1 unspecified atom stereocenters. The second-order valence-corrected chi connectivity index (χ2v) is 9.68. The molecule has 0 amide bonds. The average molecular weight is 484 g/mol. The predicted molar refractivity (Wildman–Crippen MR) is 120 cm³/mol. The summed E-state index contributed by atoms with van der Waals surface area (Å²) >= 11 is 12.2. The second kappa shape index (κ2) is 9.16. The fourth-order valence-electron chi connectivity index (χ4n) is 4.26. The van der Waals surface area contributed by atoms with Gasteiger partial charge in [0.15, 0.2) is 0 Å². The Morgan fingerprint density at radius 3 is 2.38 bits per heavy atom. The van der Waals surface area contributed by atoms with Gasteiger partial charge in [-0.1, -0.05) is 23.2 Å². The number of carbonyl (C=O) groups is 1. The van der Waals surface area contributed by atoms with Gasteiger partial charge in [0.1, 0.15) is 23.8 Å². The quantitative estimate of drug-likeness (QED) is 0.478. The molecule has 4 nitrogen and oxygen atoms in total. The summed E-state index contributed by atoms with van der Waals surface area (Å²) in [4.78, 5) is 13.4. The van der Waals surface area contributed by atoms with Gasteiger partial charge in [0, 0.05) is 35.2 Å². The van der Waals surface area contributed by atoms with Crippen molar-refractivity contribution < 1.29 is 23.4 Å². The predicted octanol–water partition coefficient (Wildman–Crippen LogP) is 6.65. The van der Waals surface area contributed by atoms with Crippen LogP contribution in [0.25, 0.3) is 0 Å². The van der Waals surface area contributed by atoms with Gasteiger partial charge in [0.25, 0.3) is 0 Å². The van der Waals surface area contributed by atoms with Crippen molar-refractivity contribution in [1.29, 1.82) is 0 Å². The number of carboxylic acids is 1. The van der Waals surface area contributed by atoms with Crippen molar-refractivity contribution in [3.8, 4) is 5.75 Å². The summed E-state index contributed by atoms with van der Waals surface area (Å²) in [6, 6.07) is 7.87. The number of piperidine rings is 1. The molecule has 1 heterocycles. The topological polar surface area (TPSA) is 49.8 Å². The van der Waals surface area contributed by atoms with E-state index in [4.69, 9.17) is 27.9 Å². The number of carboxylic acid groups (broad SMARTS) is 1. The molecule has 32 heavy (non-hydrogen) atoms. The lowest BCUT2D eigenvalue weighted by atomic mass is 9.92. The monoisotopic (exact) mass is 483 g/mol. The normalized spacial score (nSPS) is 19.5. The molecule has 2 aromatic rings. The third kappa shape index (κ3) is 5.19. The Bertz CT molecular complexity index is 1000. The van der Waals surface area contributed by atoms with Crippen LogP contribution in [0.15, 0.2) is 30.3 Å². The molecule has 0 aromatic heterocycles. The number of halogens is 4. The molecule has 8 heteroatoms. The van der Waals surface area contributed by atoms with Crippen LogP contribution in [0.4, 0.5) is 8.78 Å². The lowest BCUT2D eigenvalue weighted by Crippen LogP contribution is -2.45. The third-order valence-electron chi connectivity index (χ3n) is 6.44. The van der Waals surface area contributed by atoms with Gasteiger partial charge < -0.3 is 9.84 Å². The van der Waals surface area contributed by atoms with Gasteiger partial charge >= 0.3 is 5.97 Å². The molecule has 0 spiro atoms. The van der Waals surface area contributed by atoms with E-state index in [1.165, 1.54) is 6.07 Å².